The topological polar surface area (TPSA) is 53.4 Å². The van der Waals surface area contributed by atoms with Crippen LogP contribution >= 0.6 is 23.4 Å². The molecular weight excluding hydrogens is 246 g/mol. The lowest BCUT2D eigenvalue weighted by molar-refractivity contribution is -0.0443. The van der Waals surface area contributed by atoms with Crippen molar-refractivity contribution in [1.82, 2.24) is 4.98 Å². The van der Waals surface area contributed by atoms with Gasteiger partial charge in [-0.2, -0.15) is 0 Å². The average molecular weight is 256 g/mol. The summed E-state index contributed by atoms with van der Waals surface area (Å²) in [5.74, 6) is 0. The highest BCUT2D eigenvalue weighted by Gasteiger charge is 2.11. The quantitative estimate of drug-likeness (QED) is 0.492. The van der Waals surface area contributed by atoms with Gasteiger partial charge in [-0.1, -0.05) is 11.6 Å². The number of hydrogen-bond acceptors (Lipinski definition) is 4. The SMILES string of the molecule is CSc1cc2c(Cl)nccc2cc1C(O)O. The Kier molecular flexibility index (Phi) is 3.35. The van der Waals surface area contributed by atoms with Crippen molar-refractivity contribution >= 4 is 34.1 Å². The van der Waals surface area contributed by atoms with Crippen molar-refractivity contribution in [1.29, 1.82) is 0 Å². The minimum absolute atomic E-state index is 0.423. The first-order valence-corrected chi connectivity index (χ1v) is 6.22. The number of nitrogens with zero attached hydrogens (tertiary/aromatic N) is 1. The van der Waals surface area contributed by atoms with Gasteiger partial charge in [-0.25, -0.2) is 4.98 Å². The maximum absolute atomic E-state index is 9.26. The number of aromatic nitrogens is 1. The minimum Gasteiger partial charge on any atom is -0.364 e. The molecule has 0 atom stereocenters. The smallest absolute Gasteiger partial charge is 0.179 e. The van der Waals surface area contributed by atoms with Crippen LogP contribution in [-0.2, 0) is 0 Å². The fourth-order valence-electron chi connectivity index (χ4n) is 1.56. The van der Waals surface area contributed by atoms with Crippen LogP contribution in [0, 0.1) is 0 Å². The number of thioether (sulfide) groups is 1. The lowest BCUT2D eigenvalue weighted by atomic mass is 10.1. The van der Waals surface area contributed by atoms with Crippen molar-refractivity contribution in [3.05, 3.63) is 35.1 Å². The molecule has 2 rings (SSSR count). The highest BCUT2D eigenvalue weighted by Crippen LogP contribution is 2.32. The Bertz CT molecular complexity index is 531. The Labute approximate surface area is 102 Å². The third kappa shape index (κ3) is 2.01. The van der Waals surface area contributed by atoms with E-state index < -0.39 is 6.29 Å². The molecule has 0 unspecified atom stereocenters. The van der Waals surface area contributed by atoms with Gasteiger partial charge < -0.3 is 10.2 Å². The fourth-order valence-corrected chi connectivity index (χ4v) is 2.42. The van der Waals surface area contributed by atoms with Crippen molar-refractivity contribution in [3.8, 4) is 0 Å². The summed E-state index contributed by atoms with van der Waals surface area (Å²) in [7, 11) is 0. The highest BCUT2D eigenvalue weighted by molar-refractivity contribution is 7.98. The van der Waals surface area contributed by atoms with E-state index >= 15 is 0 Å². The van der Waals surface area contributed by atoms with E-state index in [1.165, 1.54) is 11.8 Å². The van der Waals surface area contributed by atoms with Crippen LogP contribution in [0.2, 0.25) is 5.15 Å². The number of aliphatic hydroxyl groups excluding tert-OH is 1. The third-order valence-electron chi connectivity index (χ3n) is 2.34. The molecule has 1 heterocycles. The lowest BCUT2D eigenvalue weighted by Crippen LogP contribution is -1.97. The maximum Gasteiger partial charge on any atom is 0.179 e. The second-order valence-corrected chi connectivity index (χ2v) is 4.50. The fraction of sp³-hybridized carbons (Fsp3) is 0.182. The molecule has 0 fully saturated rings. The highest BCUT2D eigenvalue weighted by atomic mass is 35.5. The molecule has 0 bridgehead atoms. The van der Waals surface area contributed by atoms with Gasteiger partial charge in [-0.3, -0.25) is 0 Å². The molecule has 0 aliphatic heterocycles. The minimum atomic E-state index is -1.47. The molecule has 0 spiro atoms. The normalized spacial score (nSPS) is 11.3. The zero-order valence-corrected chi connectivity index (χ0v) is 10.1. The van der Waals surface area contributed by atoms with Gasteiger partial charge in [0.15, 0.2) is 6.29 Å². The Morgan fingerprint density at radius 2 is 2.12 bits per heavy atom. The molecule has 3 nitrogen and oxygen atoms in total. The molecule has 0 radical (unpaired) electrons. The molecule has 2 N–H and O–H groups in total. The number of halogens is 1. The van der Waals surface area contributed by atoms with E-state index in [0.717, 1.165) is 15.7 Å². The lowest BCUT2D eigenvalue weighted by Gasteiger charge is -2.11. The Morgan fingerprint density at radius 1 is 1.38 bits per heavy atom. The van der Waals surface area contributed by atoms with Crippen LogP contribution in [0.25, 0.3) is 10.8 Å². The molecule has 0 aliphatic rings. The monoisotopic (exact) mass is 255 g/mol. The summed E-state index contributed by atoms with van der Waals surface area (Å²) in [6.45, 7) is 0. The van der Waals surface area contributed by atoms with Crippen LogP contribution in [0.4, 0.5) is 0 Å². The molecule has 0 saturated heterocycles. The number of fused-ring (bicyclic) bond motifs is 1. The summed E-state index contributed by atoms with van der Waals surface area (Å²) >= 11 is 7.41. The van der Waals surface area contributed by atoms with Crippen LogP contribution in [0.1, 0.15) is 11.9 Å². The molecule has 84 valence electrons. The number of hydrogen-bond donors (Lipinski definition) is 2. The van der Waals surface area contributed by atoms with Crippen LogP contribution in [-0.4, -0.2) is 21.5 Å². The average Bonchev–Trinajstić information content (AvgIpc) is 2.28. The third-order valence-corrected chi connectivity index (χ3v) is 3.44. The number of benzene rings is 1. The molecule has 1 aromatic carbocycles. The Balaban J connectivity index is 2.75. The van der Waals surface area contributed by atoms with Crippen molar-refractivity contribution in [3.63, 3.8) is 0 Å². The van der Waals surface area contributed by atoms with E-state index in [9.17, 15) is 10.2 Å². The Morgan fingerprint density at radius 3 is 2.75 bits per heavy atom. The largest absolute Gasteiger partial charge is 0.364 e. The standard InChI is InChI=1S/C11H10ClNO2S/c1-16-9-5-7-6(2-3-13-10(7)12)4-8(9)11(14)15/h2-5,11,14-15H,1H3. The predicted molar refractivity (Wildman–Crippen MR) is 65.7 cm³/mol. The van der Waals surface area contributed by atoms with Gasteiger partial charge in [-0.05, 0) is 29.8 Å². The van der Waals surface area contributed by atoms with Crippen LogP contribution in [0.5, 0.6) is 0 Å². The molecular formula is C11H10ClNO2S. The van der Waals surface area contributed by atoms with E-state index in [-0.39, 0.29) is 0 Å². The Hall–Kier alpha value is -0.810. The molecule has 0 saturated carbocycles. The van der Waals surface area contributed by atoms with Gasteiger partial charge in [0, 0.05) is 22.0 Å². The van der Waals surface area contributed by atoms with Crippen molar-refractivity contribution in [2.75, 3.05) is 6.26 Å². The van der Waals surface area contributed by atoms with Gasteiger partial charge in [0.25, 0.3) is 0 Å². The van der Waals surface area contributed by atoms with E-state index in [2.05, 4.69) is 4.98 Å². The summed E-state index contributed by atoms with van der Waals surface area (Å²) in [5.41, 5.74) is 0.488. The van der Waals surface area contributed by atoms with Gasteiger partial charge in [-0.15, -0.1) is 11.8 Å². The van der Waals surface area contributed by atoms with E-state index in [0.29, 0.717) is 10.7 Å². The molecule has 1 aromatic heterocycles. The summed E-state index contributed by atoms with van der Waals surface area (Å²) < 4.78 is 0. The first kappa shape index (κ1) is 11.7. The van der Waals surface area contributed by atoms with E-state index in [4.69, 9.17) is 11.6 Å². The number of aliphatic hydroxyl groups is 2. The molecule has 2 aromatic rings. The van der Waals surface area contributed by atoms with Crippen LogP contribution in [0.15, 0.2) is 29.3 Å². The second-order valence-electron chi connectivity index (χ2n) is 3.29. The van der Waals surface area contributed by atoms with Crippen LogP contribution < -0.4 is 0 Å². The zero-order chi connectivity index (χ0) is 11.7. The number of pyridine rings is 1. The summed E-state index contributed by atoms with van der Waals surface area (Å²) in [5, 5.41) is 20.6. The van der Waals surface area contributed by atoms with Crippen molar-refractivity contribution < 1.29 is 10.2 Å². The number of rotatable bonds is 2. The second kappa shape index (κ2) is 4.59. The van der Waals surface area contributed by atoms with E-state index in [1.807, 2.05) is 12.3 Å². The molecule has 0 amide bonds. The van der Waals surface area contributed by atoms with Gasteiger partial charge in [0.05, 0.1) is 0 Å². The predicted octanol–water partition coefficient (Wildman–Crippen LogP) is 2.59. The summed E-state index contributed by atoms with van der Waals surface area (Å²) in [6.07, 6.45) is 1.99. The first-order valence-electron chi connectivity index (χ1n) is 4.61. The van der Waals surface area contributed by atoms with Gasteiger partial charge in [0.1, 0.15) is 5.15 Å². The van der Waals surface area contributed by atoms with Gasteiger partial charge in [0.2, 0.25) is 0 Å². The van der Waals surface area contributed by atoms with E-state index in [1.54, 1.807) is 18.3 Å². The van der Waals surface area contributed by atoms with Crippen molar-refractivity contribution in [2.24, 2.45) is 0 Å². The first-order chi connectivity index (χ1) is 7.63. The summed E-state index contributed by atoms with van der Waals surface area (Å²) in [4.78, 5) is 4.78. The molecule has 16 heavy (non-hydrogen) atoms. The summed E-state index contributed by atoms with van der Waals surface area (Å²) in [6, 6.07) is 5.33. The van der Waals surface area contributed by atoms with Crippen LogP contribution in [0.3, 0.4) is 0 Å². The van der Waals surface area contributed by atoms with Crippen molar-refractivity contribution in [2.45, 2.75) is 11.2 Å². The zero-order valence-electron chi connectivity index (χ0n) is 8.51. The maximum atomic E-state index is 9.26. The molecule has 0 aliphatic carbocycles. The van der Waals surface area contributed by atoms with Gasteiger partial charge >= 0.3 is 0 Å². The molecule has 5 heteroatoms.